The number of nitrogens with zero attached hydrogens (tertiary/aromatic N) is 4. The van der Waals surface area contributed by atoms with Gasteiger partial charge in [0.05, 0.1) is 0 Å². The van der Waals surface area contributed by atoms with Gasteiger partial charge < -0.3 is 20.4 Å². The lowest BCUT2D eigenvalue weighted by molar-refractivity contribution is 0.312. The minimum absolute atomic E-state index is 0. The highest BCUT2D eigenvalue weighted by Crippen LogP contribution is 2.14. The van der Waals surface area contributed by atoms with Crippen LogP contribution < -0.4 is 15.5 Å². The molecule has 0 aromatic carbocycles. The molecule has 0 aliphatic carbocycles. The van der Waals surface area contributed by atoms with E-state index >= 15 is 0 Å². The molecular weight excluding hydrogens is 391 g/mol. The first-order chi connectivity index (χ1) is 10.3. The standard InChI is InChI=1S/C15H24N6.HI/c1-20-7-9-21(10-8-20)14-11-13(3-6-16-14)12-19-15-17-4-2-5-18-15;/h3,6,11H,2,4-5,7-10,12H2,1H3,(H2,17,18,19);1H. The van der Waals surface area contributed by atoms with E-state index in [2.05, 4.69) is 49.6 Å². The van der Waals surface area contributed by atoms with Crippen molar-refractivity contribution in [2.24, 2.45) is 4.99 Å². The van der Waals surface area contributed by atoms with Gasteiger partial charge in [-0.05, 0) is 31.2 Å². The molecule has 3 rings (SSSR count). The van der Waals surface area contributed by atoms with Crippen LogP contribution in [0.2, 0.25) is 0 Å². The predicted octanol–water partition coefficient (Wildman–Crippen LogP) is 0.890. The molecule has 1 fully saturated rings. The molecule has 0 atom stereocenters. The largest absolute Gasteiger partial charge is 0.356 e. The lowest BCUT2D eigenvalue weighted by Crippen LogP contribution is -2.44. The molecule has 0 bridgehead atoms. The van der Waals surface area contributed by atoms with Crippen LogP contribution in [0.1, 0.15) is 12.0 Å². The van der Waals surface area contributed by atoms with Crippen molar-refractivity contribution in [1.82, 2.24) is 20.5 Å². The first-order valence-corrected chi connectivity index (χ1v) is 7.72. The van der Waals surface area contributed by atoms with E-state index in [1.54, 1.807) is 0 Å². The van der Waals surface area contributed by atoms with Gasteiger partial charge in [0.25, 0.3) is 0 Å². The topological polar surface area (TPSA) is 55.8 Å². The third-order valence-corrected chi connectivity index (χ3v) is 3.99. The Labute approximate surface area is 149 Å². The molecule has 0 spiro atoms. The van der Waals surface area contributed by atoms with Crippen LogP contribution in [0.5, 0.6) is 0 Å². The number of pyridine rings is 1. The van der Waals surface area contributed by atoms with Crippen molar-refractivity contribution in [2.75, 3.05) is 51.2 Å². The molecule has 22 heavy (non-hydrogen) atoms. The summed E-state index contributed by atoms with van der Waals surface area (Å²) in [6.45, 7) is 7.01. The average Bonchev–Trinajstić information content (AvgIpc) is 2.55. The van der Waals surface area contributed by atoms with Crippen molar-refractivity contribution in [2.45, 2.75) is 13.0 Å². The molecule has 1 saturated heterocycles. The number of piperazine rings is 1. The van der Waals surface area contributed by atoms with Crippen LogP contribution in [-0.2, 0) is 6.54 Å². The van der Waals surface area contributed by atoms with Gasteiger partial charge >= 0.3 is 0 Å². The van der Waals surface area contributed by atoms with Crippen molar-refractivity contribution in [3.63, 3.8) is 0 Å². The van der Waals surface area contributed by atoms with E-state index < -0.39 is 0 Å². The number of aliphatic imine (C=N–C) groups is 1. The molecule has 6 nitrogen and oxygen atoms in total. The number of hydrogen-bond donors (Lipinski definition) is 2. The second-order valence-corrected chi connectivity index (χ2v) is 5.68. The minimum Gasteiger partial charge on any atom is -0.356 e. The maximum atomic E-state index is 4.52. The second kappa shape index (κ2) is 8.52. The molecule has 1 aromatic heterocycles. The summed E-state index contributed by atoms with van der Waals surface area (Å²) in [7, 11) is 2.17. The molecule has 0 radical (unpaired) electrons. The zero-order chi connectivity index (χ0) is 14.5. The van der Waals surface area contributed by atoms with Crippen LogP contribution in [0.25, 0.3) is 0 Å². The first kappa shape index (κ1) is 17.3. The summed E-state index contributed by atoms with van der Waals surface area (Å²) in [6.07, 6.45) is 3.02. The van der Waals surface area contributed by atoms with Gasteiger partial charge in [0, 0.05) is 52.0 Å². The zero-order valence-electron chi connectivity index (χ0n) is 13.1. The zero-order valence-corrected chi connectivity index (χ0v) is 15.4. The lowest BCUT2D eigenvalue weighted by atomic mass is 10.2. The van der Waals surface area contributed by atoms with Gasteiger partial charge in [-0.1, -0.05) is 0 Å². The molecule has 3 heterocycles. The van der Waals surface area contributed by atoms with E-state index in [-0.39, 0.29) is 24.0 Å². The van der Waals surface area contributed by atoms with E-state index in [0.717, 1.165) is 64.0 Å². The van der Waals surface area contributed by atoms with E-state index in [4.69, 9.17) is 0 Å². The Morgan fingerprint density at radius 2 is 2.09 bits per heavy atom. The molecule has 0 unspecified atom stereocenters. The maximum absolute atomic E-state index is 4.52. The SMILES string of the molecule is CN1CCN(c2cc(CNC3=NCCCN3)ccn2)CC1.I. The fourth-order valence-corrected chi connectivity index (χ4v) is 2.62. The van der Waals surface area contributed by atoms with Gasteiger partial charge in [0.15, 0.2) is 5.96 Å². The van der Waals surface area contributed by atoms with Crippen molar-refractivity contribution in [1.29, 1.82) is 0 Å². The Balaban J connectivity index is 0.00000176. The molecule has 7 heteroatoms. The van der Waals surface area contributed by atoms with E-state index in [1.165, 1.54) is 5.56 Å². The summed E-state index contributed by atoms with van der Waals surface area (Å²) in [4.78, 5) is 13.7. The van der Waals surface area contributed by atoms with Crippen LogP contribution in [0, 0.1) is 0 Å². The van der Waals surface area contributed by atoms with Gasteiger partial charge in [0.2, 0.25) is 0 Å². The number of guanidine groups is 1. The van der Waals surface area contributed by atoms with Crippen LogP contribution in [0.15, 0.2) is 23.3 Å². The molecule has 2 N–H and O–H groups in total. The van der Waals surface area contributed by atoms with Gasteiger partial charge in [-0.2, -0.15) is 0 Å². The smallest absolute Gasteiger partial charge is 0.191 e. The number of likely N-dealkylation sites (N-methyl/N-ethyl adjacent to an activating group) is 1. The molecule has 2 aliphatic heterocycles. The van der Waals surface area contributed by atoms with Crippen molar-refractivity contribution in [3.8, 4) is 0 Å². The number of anilines is 1. The summed E-state index contributed by atoms with van der Waals surface area (Å²) in [5, 5.41) is 6.64. The van der Waals surface area contributed by atoms with E-state index in [0.29, 0.717) is 0 Å². The highest BCUT2D eigenvalue weighted by atomic mass is 127. The summed E-state index contributed by atoms with van der Waals surface area (Å²) >= 11 is 0. The van der Waals surface area contributed by atoms with Crippen molar-refractivity contribution < 1.29 is 0 Å². The molecule has 122 valence electrons. The number of nitrogens with one attached hydrogen (secondary N) is 2. The average molecular weight is 416 g/mol. The summed E-state index contributed by atoms with van der Waals surface area (Å²) in [5.74, 6) is 2.00. The molecule has 0 saturated carbocycles. The Morgan fingerprint density at radius 1 is 1.27 bits per heavy atom. The molecule has 0 amide bonds. The van der Waals surface area contributed by atoms with E-state index in [1.807, 2.05) is 6.20 Å². The summed E-state index contributed by atoms with van der Waals surface area (Å²) < 4.78 is 0. The van der Waals surface area contributed by atoms with Crippen molar-refractivity contribution >= 4 is 35.8 Å². The third-order valence-electron chi connectivity index (χ3n) is 3.99. The molecule has 1 aromatic rings. The van der Waals surface area contributed by atoms with Gasteiger partial charge in [-0.25, -0.2) is 4.98 Å². The Hall–Kier alpha value is -1.09. The van der Waals surface area contributed by atoms with Crippen molar-refractivity contribution in [3.05, 3.63) is 23.9 Å². The van der Waals surface area contributed by atoms with E-state index in [9.17, 15) is 0 Å². The fraction of sp³-hybridized carbons (Fsp3) is 0.600. The fourth-order valence-electron chi connectivity index (χ4n) is 2.62. The number of halogens is 1. The second-order valence-electron chi connectivity index (χ2n) is 5.68. The summed E-state index contributed by atoms with van der Waals surface area (Å²) in [6, 6.07) is 4.25. The Kier molecular flexibility index (Phi) is 6.69. The Bertz CT molecular complexity index is 499. The predicted molar refractivity (Wildman–Crippen MR) is 101 cm³/mol. The number of rotatable bonds is 3. The quantitative estimate of drug-likeness (QED) is 0.718. The van der Waals surface area contributed by atoms with Gasteiger partial charge in [0.1, 0.15) is 5.82 Å². The monoisotopic (exact) mass is 416 g/mol. The van der Waals surface area contributed by atoms with Gasteiger partial charge in [-0.15, -0.1) is 24.0 Å². The highest BCUT2D eigenvalue weighted by Gasteiger charge is 2.15. The number of hydrogen-bond acceptors (Lipinski definition) is 6. The van der Waals surface area contributed by atoms with Crippen LogP contribution in [0.3, 0.4) is 0 Å². The van der Waals surface area contributed by atoms with Crippen LogP contribution in [0.4, 0.5) is 5.82 Å². The lowest BCUT2D eigenvalue weighted by Gasteiger charge is -2.33. The van der Waals surface area contributed by atoms with Gasteiger partial charge in [-0.3, -0.25) is 4.99 Å². The summed E-state index contributed by atoms with van der Waals surface area (Å²) in [5.41, 5.74) is 1.24. The third kappa shape index (κ3) is 4.70. The van der Waals surface area contributed by atoms with Crippen LogP contribution >= 0.6 is 24.0 Å². The Morgan fingerprint density at radius 3 is 2.82 bits per heavy atom. The first-order valence-electron chi connectivity index (χ1n) is 7.72. The highest BCUT2D eigenvalue weighted by molar-refractivity contribution is 14.0. The van der Waals surface area contributed by atoms with Crippen LogP contribution in [-0.4, -0.2) is 62.2 Å². The minimum atomic E-state index is 0. The normalized spacial score (nSPS) is 19.0. The molecular formula is C15H25IN6. The maximum Gasteiger partial charge on any atom is 0.191 e. The number of aromatic nitrogens is 1. The molecule has 2 aliphatic rings.